The Hall–Kier alpha value is -2.86. The first-order valence-electron chi connectivity index (χ1n) is 7.27. The zero-order chi connectivity index (χ0) is 16.9. The molecule has 0 unspecified atom stereocenters. The highest BCUT2D eigenvalue weighted by Crippen LogP contribution is 2.17. The van der Waals surface area contributed by atoms with Crippen molar-refractivity contribution >= 4 is 23.3 Å². The van der Waals surface area contributed by atoms with Crippen molar-refractivity contribution in [2.45, 2.75) is 13.3 Å². The van der Waals surface area contributed by atoms with E-state index in [4.69, 9.17) is 11.6 Å². The minimum Gasteiger partial charge on any atom is -0.310 e. The quantitative estimate of drug-likeness (QED) is 0.739. The second-order valence-electron chi connectivity index (χ2n) is 5.22. The Bertz CT molecular complexity index is 853. The third kappa shape index (κ3) is 3.91. The number of halogens is 1. The Balaban J connectivity index is 1.65. The van der Waals surface area contributed by atoms with Crippen LogP contribution < -0.4 is 5.32 Å². The summed E-state index contributed by atoms with van der Waals surface area (Å²) in [4.78, 5) is 20.4. The van der Waals surface area contributed by atoms with Crippen molar-refractivity contribution in [3.8, 4) is 11.3 Å². The van der Waals surface area contributed by atoms with Crippen LogP contribution >= 0.6 is 11.6 Å². The third-order valence-electron chi connectivity index (χ3n) is 3.33. The number of hydrogen-bond donors (Lipinski definition) is 1. The van der Waals surface area contributed by atoms with Gasteiger partial charge in [0.25, 0.3) is 0 Å². The average molecular weight is 340 g/mol. The molecule has 24 heavy (non-hydrogen) atoms. The predicted molar refractivity (Wildman–Crippen MR) is 91.6 cm³/mol. The van der Waals surface area contributed by atoms with Gasteiger partial charge in [-0.25, -0.2) is 9.97 Å². The Kier molecular flexibility index (Phi) is 4.77. The SMILES string of the molecule is Cc1cc(CC(=O)Nc2ccc(-c3cccnn3)cn2)cnc1Cl. The van der Waals surface area contributed by atoms with Crippen molar-refractivity contribution in [3.05, 3.63) is 65.2 Å². The predicted octanol–water partition coefficient (Wildman–Crippen LogP) is 3.08. The summed E-state index contributed by atoms with van der Waals surface area (Å²) in [5.74, 6) is 0.310. The lowest BCUT2D eigenvalue weighted by molar-refractivity contribution is -0.115. The molecule has 0 radical (unpaired) electrons. The van der Waals surface area contributed by atoms with Gasteiger partial charge in [-0.15, -0.1) is 0 Å². The number of pyridine rings is 2. The maximum absolute atomic E-state index is 12.1. The fourth-order valence-electron chi connectivity index (χ4n) is 2.16. The molecule has 0 aliphatic heterocycles. The van der Waals surface area contributed by atoms with E-state index < -0.39 is 0 Å². The molecule has 3 aromatic heterocycles. The number of amides is 1. The Morgan fingerprint density at radius 3 is 2.75 bits per heavy atom. The number of hydrogen-bond acceptors (Lipinski definition) is 5. The van der Waals surface area contributed by atoms with Gasteiger partial charge in [0.15, 0.2) is 0 Å². The van der Waals surface area contributed by atoms with E-state index in [9.17, 15) is 4.79 Å². The fraction of sp³-hybridized carbons (Fsp3) is 0.118. The molecule has 3 aromatic rings. The van der Waals surface area contributed by atoms with Crippen molar-refractivity contribution in [2.24, 2.45) is 0 Å². The van der Waals surface area contributed by atoms with Crippen molar-refractivity contribution in [1.82, 2.24) is 20.2 Å². The van der Waals surface area contributed by atoms with Gasteiger partial charge in [-0.05, 0) is 42.3 Å². The van der Waals surface area contributed by atoms with Gasteiger partial charge < -0.3 is 5.32 Å². The van der Waals surface area contributed by atoms with Crippen LogP contribution in [0.5, 0.6) is 0 Å². The lowest BCUT2D eigenvalue weighted by Gasteiger charge is -2.06. The van der Waals surface area contributed by atoms with Gasteiger partial charge in [-0.1, -0.05) is 17.7 Å². The fourth-order valence-corrected chi connectivity index (χ4v) is 2.26. The second-order valence-corrected chi connectivity index (χ2v) is 5.58. The van der Waals surface area contributed by atoms with Crippen LogP contribution in [0.1, 0.15) is 11.1 Å². The minimum absolute atomic E-state index is 0.168. The molecule has 0 bridgehead atoms. The Morgan fingerprint density at radius 1 is 1.21 bits per heavy atom. The van der Waals surface area contributed by atoms with E-state index in [-0.39, 0.29) is 12.3 Å². The summed E-state index contributed by atoms with van der Waals surface area (Å²) in [7, 11) is 0. The Morgan fingerprint density at radius 2 is 2.08 bits per heavy atom. The standard InChI is InChI=1S/C17H14ClN5O/c1-11-7-12(9-20-17(11)18)8-16(24)22-15-5-4-13(10-19-15)14-3-2-6-21-23-14/h2-7,9-10H,8H2,1H3,(H,19,22,24). The molecule has 1 amide bonds. The molecule has 7 heteroatoms. The van der Waals surface area contributed by atoms with Gasteiger partial charge in [0.05, 0.1) is 12.1 Å². The molecule has 6 nitrogen and oxygen atoms in total. The number of aromatic nitrogens is 4. The maximum atomic E-state index is 12.1. The zero-order valence-corrected chi connectivity index (χ0v) is 13.7. The van der Waals surface area contributed by atoms with Gasteiger partial charge in [-0.2, -0.15) is 10.2 Å². The van der Waals surface area contributed by atoms with E-state index in [0.29, 0.717) is 11.0 Å². The molecule has 0 saturated carbocycles. The summed E-state index contributed by atoms with van der Waals surface area (Å²) in [5.41, 5.74) is 3.20. The summed E-state index contributed by atoms with van der Waals surface area (Å²) in [5, 5.41) is 11.0. The highest BCUT2D eigenvalue weighted by atomic mass is 35.5. The summed E-state index contributed by atoms with van der Waals surface area (Å²) < 4.78 is 0. The van der Waals surface area contributed by atoms with Crippen LogP contribution in [0.25, 0.3) is 11.3 Å². The first kappa shape index (κ1) is 16.0. The largest absolute Gasteiger partial charge is 0.310 e. The van der Waals surface area contributed by atoms with Gasteiger partial charge in [0, 0.05) is 24.2 Å². The zero-order valence-electron chi connectivity index (χ0n) is 12.9. The molecule has 0 fully saturated rings. The molecule has 120 valence electrons. The van der Waals surface area contributed by atoms with Crippen molar-refractivity contribution in [2.75, 3.05) is 5.32 Å². The number of nitrogens with zero attached hydrogens (tertiary/aromatic N) is 4. The number of carbonyl (C=O) groups is 1. The van der Waals surface area contributed by atoms with E-state index in [1.807, 2.05) is 25.1 Å². The molecular weight excluding hydrogens is 326 g/mol. The molecule has 0 spiro atoms. The van der Waals surface area contributed by atoms with E-state index in [2.05, 4.69) is 25.5 Å². The first-order valence-corrected chi connectivity index (χ1v) is 7.64. The highest BCUT2D eigenvalue weighted by Gasteiger charge is 2.08. The maximum Gasteiger partial charge on any atom is 0.230 e. The van der Waals surface area contributed by atoms with Gasteiger partial charge in [-0.3, -0.25) is 4.79 Å². The summed E-state index contributed by atoms with van der Waals surface area (Å²) in [6, 6.07) is 9.06. The van der Waals surface area contributed by atoms with Crippen LogP contribution in [0.15, 0.2) is 48.9 Å². The van der Waals surface area contributed by atoms with Crippen LogP contribution in [-0.4, -0.2) is 26.1 Å². The second kappa shape index (κ2) is 7.14. The number of aryl methyl sites for hydroxylation is 1. The molecule has 0 aliphatic carbocycles. The van der Waals surface area contributed by atoms with Crippen molar-refractivity contribution in [1.29, 1.82) is 0 Å². The van der Waals surface area contributed by atoms with Crippen LogP contribution in [0.4, 0.5) is 5.82 Å². The van der Waals surface area contributed by atoms with Gasteiger partial charge in [0.2, 0.25) is 5.91 Å². The summed E-state index contributed by atoms with van der Waals surface area (Å²) in [6.45, 7) is 1.85. The minimum atomic E-state index is -0.168. The van der Waals surface area contributed by atoms with E-state index in [1.54, 1.807) is 30.7 Å². The van der Waals surface area contributed by atoms with Crippen molar-refractivity contribution < 1.29 is 4.79 Å². The summed E-state index contributed by atoms with van der Waals surface area (Å²) >= 11 is 5.88. The van der Waals surface area contributed by atoms with Gasteiger partial charge in [0.1, 0.15) is 11.0 Å². The Labute approximate surface area is 144 Å². The lowest BCUT2D eigenvalue weighted by atomic mass is 10.1. The van der Waals surface area contributed by atoms with Crippen LogP contribution in [0, 0.1) is 6.92 Å². The number of anilines is 1. The van der Waals surface area contributed by atoms with E-state index in [0.717, 1.165) is 22.4 Å². The lowest BCUT2D eigenvalue weighted by Crippen LogP contribution is -2.15. The third-order valence-corrected chi connectivity index (χ3v) is 3.73. The van der Waals surface area contributed by atoms with Gasteiger partial charge >= 0.3 is 0 Å². The molecule has 3 rings (SSSR count). The average Bonchev–Trinajstić information content (AvgIpc) is 2.59. The normalized spacial score (nSPS) is 10.4. The van der Waals surface area contributed by atoms with Crippen LogP contribution in [0.2, 0.25) is 5.15 Å². The molecule has 0 aromatic carbocycles. The summed E-state index contributed by atoms with van der Waals surface area (Å²) in [6.07, 6.45) is 5.06. The monoisotopic (exact) mass is 339 g/mol. The molecule has 0 aliphatic rings. The number of carbonyl (C=O) groups excluding carboxylic acids is 1. The molecular formula is C17H14ClN5O. The first-order chi connectivity index (χ1) is 11.6. The smallest absolute Gasteiger partial charge is 0.230 e. The molecule has 0 saturated heterocycles. The van der Waals surface area contributed by atoms with E-state index >= 15 is 0 Å². The number of rotatable bonds is 4. The number of nitrogens with one attached hydrogen (secondary N) is 1. The van der Waals surface area contributed by atoms with E-state index in [1.165, 1.54) is 0 Å². The topological polar surface area (TPSA) is 80.7 Å². The highest BCUT2D eigenvalue weighted by molar-refractivity contribution is 6.30. The van der Waals surface area contributed by atoms with Crippen molar-refractivity contribution in [3.63, 3.8) is 0 Å². The molecule has 1 N–H and O–H groups in total. The van der Waals surface area contributed by atoms with Crippen LogP contribution in [-0.2, 0) is 11.2 Å². The van der Waals surface area contributed by atoms with Crippen LogP contribution in [0.3, 0.4) is 0 Å². The molecule has 0 atom stereocenters. The molecule has 3 heterocycles.